The number of hydrogen-bond donors (Lipinski definition) is 1. The molecule has 2 aliphatic rings. The first-order valence-electron chi connectivity index (χ1n) is 9.13. The summed E-state index contributed by atoms with van der Waals surface area (Å²) < 4.78 is 0. The van der Waals surface area contributed by atoms with Crippen molar-refractivity contribution < 1.29 is 9.59 Å². The van der Waals surface area contributed by atoms with Gasteiger partial charge in [-0.1, -0.05) is 18.2 Å². The summed E-state index contributed by atoms with van der Waals surface area (Å²) in [6.07, 6.45) is 2.21. The van der Waals surface area contributed by atoms with Crippen LogP contribution in [0, 0.1) is 0 Å². The average molecular weight is 344 g/mol. The molecule has 1 aliphatic carbocycles. The smallest absolute Gasteiger partial charge is 0.242 e. The number of rotatable bonds is 6. The lowest BCUT2D eigenvalue weighted by molar-refractivity contribution is -0.133. The van der Waals surface area contributed by atoms with E-state index >= 15 is 0 Å². The monoisotopic (exact) mass is 344 g/mol. The van der Waals surface area contributed by atoms with Crippen LogP contribution in [0.3, 0.4) is 0 Å². The first-order chi connectivity index (χ1) is 12.0. The minimum absolute atomic E-state index is 0.117. The average Bonchev–Trinajstić information content (AvgIpc) is 3.45. The Labute approximate surface area is 149 Å². The molecule has 2 amide bonds. The number of carbonyl (C=O) groups is 2. The second-order valence-corrected chi connectivity index (χ2v) is 7.07. The van der Waals surface area contributed by atoms with Crippen molar-refractivity contribution in [1.29, 1.82) is 0 Å². The molecule has 0 aromatic heterocycles. The minimum Gasteiger partial charge on any atom is -0.365 e. The van der Waals surface area contributed by atoms with E-state index in [0.717, 1.165) is 31.6 Å². The zero-order chi connectivity index (χ0) is 17.8. The number of nitrogens with one attached hydrogen (secondary N) is 1. The van der Waals surface area contributed by atoms with Crippen LogP contribution < -0.4 is 10.2 Å². The van der Waals surface area contributed by atoms with Crippen molar-refractivity contribution in [3.63, 3.8) is 0 Å². The lowest BCUT2D eigenvalue weighted by Gasteiger charge is -2.38. The summed E-state index contributed by atoms with van der Waals surface area (Å²) >= 11 is 0. The molecule has 6 nitrogen and oxygen atoms in total. The van der Waals surface area contributed by atoms with Crippen molar-refractivity contribution in [3.8, 4) is 0 Å². The highest BCUT2D eigenvalue weighted by molar-refractivity contribution is 5.82. The Morgan fingerprint density at radius 1 is 1.16 bits per heavy atom. The standard InChI is InChI=1S/C19H28N4O2/c1-15(19(25)20-16-8-9-16)22-10-12-23(13-11-22)18(24)14-21(2)17-6-4-3-5-7-17/h3-7,15-16H,8-14H2,1-2H3,(H,20,25). The molecule has 3 rings (SSSR count). The summed E-state index contributed by atoms with van der Waals surface area (Å²) in [4.78, 5) is 30.7. The third-order valence-corrected chi connectivity index (χ3v) is 5.09. The molecule has 0 radical (unpaired) electrons. The molecule has 0 bridgehead atoms. The third kappa shape index (κ3) is 4.72. The maximum atomic E-state index is 12.5. The highest BCUT2D eigenvalue weighted by Crippen LogP contribution is 2.19. The van der Waals surface area contributed by atoms with Gasteiger partial charge in [0.05, 0.1) is 12.6 Å². The lowest BCUT2D eigenvalue weighted by atomic mass is 10.2. The van der Waals surface area contributed by atoms with Gasteiger partial charge in [-0.15, -0.1) is 0 Å². The summed E-state index contributed by atoms with van der Waals surface area (Å²) in [5.74, 6) is 0.257. The topological polar surface area (TPSA) is 55.9 Å². The van der Waals surface area contributed by atoms with Gasteiger partial charge in [0, 0.05) is 45.0 Å². The van der Waals surface area contributed by atoms with Crippen LogP contribution >= 0.6 is 0 Å². The molecule has 136 valence electrons. The summed E-state index contributed by atoms with van der Waals surface area (Å²) in [7, 11) is 1.94. The lowest BCUT2D eigenvalue weighted by Crippen LogP contribution is -2.56. The van der Waals surface area contributed by atoms with E-state index in [2.05, 4.69) is 10.2 Å². The van der Waals surface area contributed by atoms with E-state index in [1.165, 1.54) is 0 Å². The van der Waals surface area contributed by atoms with Crippen molar-refractivity contribution in [3.05, 3.63) is 30.3 Å². The van der Waals surface area contributed by atoms with Gasteiger partial charge in [0.2, 0.25) is 11.8 Å². The Morgan fingerprint density at radius 3 is 2.40 bits per heavy atom. The van der Waals surface area contributed by atoms with E-state index < -0.39 is 0 Å². The van der Waals surface area contributed by atoms with E-state index in [9.17, 15) is 9.59 Å². The third-order valence-electron chi connectivity index (χ3n) is 5.09. The predicted molar refractivity (Wildman–Crippen MR) is 98.5 cm³/mol. The van der Waals surface area contributed by atoms with Gasteiger partial charge >= 0.3 is 0 Å². The number of amides is 2. The van der Waals surface area contributed by atoms with Crippen LogP contribution in [-0.4, -0.2) is 73.5 Å². The van der Waals surface area contributed by atoms with Crippen LogP contribution in [0.15, 0.2) is 30.3 Å². The molecular formula is C19H28N4O2. The zero-order valence-corrected chi connectivity index (χ0v) is 15.1. The Morgan fingerprint density at radius 2 is 1.80 bits per heavy atom. The van der Waals surface area contributed by atoms with Crippen LogP contribution in [-0.2, 0) is 9.59 Å². The molecule has 2 fully saturated rings. The highest BCUT2D eigenvalue weighted by atomic mass is 16.2. The fraction of sp³-hybridized carbons (Fsp3) is 0.579. The first kappa shape index (κ1) is 17.7. The van der Waals surface area contributed by atoms with Crippen LogP contribution in [0.2, 0.25) is 0 Å². The van der Waals surface area contributed by atoms with Crippen LogP contribution in [0.1, 0.15) is 19.8 Å². The molecule has 25 heavy (non-hydrogen) atoms. The first-order valence-corrected chi connectivity index (χ1v) is 9.13. The minimum atomic E-state index is -0.121. The Hall–Kier alpha value is -2.08. The normalized spacial score (nSPS) is 19.4. The SMILES string of the molecule is CC(C(=O)NC1CC1)N1CCN(C(=O)CN(C)c2ccccc2)CC1. The molecular weight excluding hydrogens is 316 g/mol. The molecule has 0 spiro atoms. The molecule has 1 atom stereocenters. The largest absolute Gasteiger partial charge is 0.365 e. The van der Waals surface area contributed by atoms with Gasteiger partial charge < -0.3 is 15.1 Å². The van der Waals surface area contributed by atoms with E-state index in [4.69, 9.17) is 0 Å². The Balaban J connectivity index is 1.44. The van der Waals surface area contributed by atoms with Gasteiger partial charge in [0.15, 0.2) is 0 Å². The van der Waals surface area contributed by atoms with Gasteiger partial charge in [0.1, 0.15) is 0 Å². The molecule has 1 aromatic carbocycles. The van der Waals surface area contributed by atoms with E-state index in [1.54, 1.807) is 0 Å². The number of benzene rings is 1. The van der Waals surface area contributed by atoms with Crippen molar-refractivity contribution >= 4 is 17.5 Å². The fourth-order valence-corrected chi connectivity index (χ4v) is 3.15. The molecule has 1 saturated heterocycles. The molecule has 1 N–H and O–H groups in total. The van der Waals surface area contributed by atoms with Crippen LogP contribution in [0.4, 0.5) is 5.69 Å². The Bertz CT molecular complexity index is 595. The predicted octanol–water partition coefficient (Wildman–Crippen LogP) is 0.934. The number of nitrogens with zero attached hydrogens (tertiary/aromatic N) is 3. The molecule has 1 aromatic rings. The summed E-state index contributed by atoms with van der Waals surface area (Å²) in [6, 6.07) is 10.2. The molecule has 6 heteroatoms. The number of carbonyl (C=O) groups excluding carboxylic acids is 2. The fourth-order valence-electron chi connectivity index (χ4n) is 3.15. The molecule has 1 aliphatic heterocycles. The van der Waals surface area contributed by atoms with Crippen molar-refractivity contribution in [2.45, 2.75) is 31.8 Å². The van der Waals surface area contributed by atoms with Gasteiger partial charge in [0.25, 0.3) is 0 Å². The van der Waals surface area contributed by atoms with E-state index in [1.807, 2.05) is 54.1 Å². The van der Waals surface area contributed by atoms with Crippen molar-refractivity contribution in [1.82, 2.24) is 15.1 Å². The van der Waals surface area contributed by atoms with Gasteiger partial charge in [-0.2, -0.15) is 0 Å². The van der Waals surface area contributed by atoms with Gasteiger partial charge in [-0.25, -0.2) is 0 Å². The number of para-hydroxylation sites is 1. The maximum absolute atomic E-state index is 12.5. The Kier molecular flexibility index (Phi) is 5.58. The van der Waals surface area contributed by atoms with Crippen LogP contribution in [0.25, 0.3) is 0 Å². The second-order valence-electron chi connectivity index (χ2n) is 7.07. The zero-order valence-electron chi connectivity index (χ0n) is 15.1. The molecule has 1 saturated carbocycles. The summed E-state index contributed by atoms with van der Waals surface area (Å²) in [6.45, 7) is 5.20. The van der Waals surface area contributed by atoms with E-state index in [-0.39, 0.29) is 17.9 Å². The second kappa shape index (κ2) is 7.87. The summed E-state index contributed by atoms with van der Waals surface area (Å²) in [5.41, 5.74) is 1.04. The molecule has 1 unspecified atom stereocenters. The van der Waals surface area contributed by atoms with Gasteiger partial charge in [-0.05, 0) is 31.9 Å². The van der Waals surface area contributed by atoms with Crippen LogP contribution in [0.5, 0.6) is 0 Å². The summed E-state index contributed by atoms with van der Waals surface area (Å²) in [5, 5.41) is 3.06. The number of likely N-dealkylation sites (N-methyl/N-ethyl adjacent to an activating group) is 1. The van der Waals surface area contributed by atoms with Crippen molar-refractivity contribution in [2.75, 3.05) is 44.7 Å². The number of hydrogen-bond acceptors (Lipinski definition) is 4. The maximum Gasteiger partial charge on any atom is 0.242 e. The van der Waals surface area contributed by atoms with Crippen molar-refractivity contribution in [2.24, 2.45) is 0 Å². The quantitative estimate of drug-likeness (QED) is 0.834. The van der Waals surface area contributed by atoms with Gasteiger partial charge in [-0.3, -0.25) is 14.5 Å². The van der Waals surface area contributed by atoms with E-state index in [0.29, 0.717) is 25.7 Å². The molecule has 1 heterocycles. The number of piperazine rings is 1. The highest BCUT2D eigenvalue weighted by Gasteiger charge is 2.30. The number of anilines is 1.